The van der Waals surface area contributed by atoms with Crippen LogP contribution >= 0.6 is 0 Å². The van der Waals surface area contributed by atoms with E-state index in [1.165, 1.54) is 6.20 Å². The number of benzene rings is 1. The number of rotatable bonds is 7. The molecule has 122 valence electrons. The molecule has 23 heavy (non-hydrogen) atoms. The first-order chi connectivity index (χ1) is 11.1. The maximum atomic E-state index is 12.0. The van der Waals surface area contributed by atoms with Gasteiger partial charge in [0.15, 0.2) is 0 Å². The van der Waals surface area contributed by atoms with Crippen molar-refractivity contribution in [1.29, 1.82) is 0 Å². The van der Waals surface area contributed by atoms with Crippen LogP contribution in [0.5, 0.6) is 5.75 Å². The lowest BCUT2D eigenvalue weighted by Crippen LogP contribution is -2.26. The highest BCUT2D eigenvalue weighted by molar-refractivity contribution is 5.91. The van der Waals surface area contributed by atoms with Gasteiger partial charge in [0.1, 0.15) is 17.3 Å². The van der Waals surface area contributed by atoms with Crippen LogP contribution in [0.25, 0.3) is 0 Å². The van der Waals surface area contributed by atoms with Crippen molar-refractivity contribution < 1.29 is 9.53 Å². The molecule has 0 unspecified atom stereocenters. The monoisotopic (exact) mass is 314 g/mol. The second-order valence-corrected chi connectivity index (χ2v) is 5.44. The summed E-state index contributed by atoms with van der Waals surface area (Å²) in [5.74, 6) is 1.25. The van der Waals surface area contributed by atoms with Crippen LogP contribution in [0, 0.1) is 0 Å². The number of amides is 1. The van der Waals surface area contributed by atoms with Crippen molar-refractivity contribution in [2.75, 3.05) is 19.0 Å². The van der Waals surface area contributed by atoms with Gasteiger partial charge in [-0.1, -0.05) is 12.1 Å². The van der Waals surface area contributed by atoms with Gasteiger partial charge in [-0.05, 0) is 38.0 Å². The zero-order valence-electron chi connectivity index (χ0n) is 13.7. The van der Waals surface area contributed by atoms with Gasteiger partial charge < -0.3 is 15.4 Å². The number of nitrogens with one attached hydrogen (secondary N) is 2. The minimum atomic E-state index is -0.225. The molecule has 6 nitrogen and oxygen atoms in total. The number of hydrogen-bond donors (Lipinski definition) is 2. The Balaban J connectivity index is 1.84. The SMILES string of the molecule is COc1cccc(CCNC(=O)c2cnc(NC(C)C)cn2)c1. The first kappa shape index (κ1) is 16.7. The van der Waals surface area contributed by atoms with Crippen molar-refractivity contribution >= 4 is 11.7 Å². The van der Waals surface area contributed by atoms with Crippen LogP contribution in [0.2, 0.25) is 0 Å². The van der Waals surface area contributed by atoms with Gasteiger partial charge in [0.2, 0.25) is 0 Å². The molecule has 0 saturated heterocycles. The zero-order valence-corrected chi connectivity index (χ0v) is 13.7. The average molecular weight is 314 g/mol. The molecule has 1 amide bonds. The fourth-order valence-electron chi connectivity index (χ4n) is 2.05. The summed E-state index contributed by atoms with van der Waals surface area (Å²) < 4.78 is 5.18. The summed E-state index contributed by atoms with van der Waals surface area (Å²) in [7, 11) is 1.64. The van der Waals surface area contributed by atoms with E-state index in [0.29, 0.717) is 18.1 Å². The van der Waals surface area contributed by atoms with Gasteiger partial charge in [0.05, 0.1) is 19.5 Å². The number of aromatic nitrogens is 2. The summed E-state index contributed by atoms with van der Waals surface area (Å²) in [6.45, 7) is 4.56. The predicted molar refractivity (Wildman–Crippen MR) is 89.8 cm³/mol. The van der Waals surface area contributed by atoms with Gasteiger partial charge in [-0.25, -0.2) is 9.97 Å². The Labute approximate surface area is 136 Å². The smallest absolute Gasteiger partial charge is 0.271 e. The summed E-state index contributed by atoms with van der Waals surface area (Å²) in [6.07, 6.45) is 3.77. The fraction of sp³-hybridized carbons (Fsp3) is 0.353. The first-order valence-electron chi connectivity index (χ1n) is 7.58. The molecule has 0 aliphatic carbocycles. The van der Waals surface area contributed by atoms with Crippen LogP contribution in [0.3, 0.4) is 0 Å². The van der Waals surface area contributed by atoms with Crippen molar-refractivity contribution in [2.24, 2.45) is 0 Å². The van der Waals surface area contributed by atoms with Gasteiger partial charge in [-0.15, -0.1) is 0 Å². The molecule has 0 aliphatic rings. The summed E-state index contributed by atoms with van der Waals surface area (Å²) in [4.78, 5) is 20.3. The molecule has 1 heterocycles. The van der Waals surface area contributed by atoms with E-state index in [-0.39, 0.29) is 11.9 Å². The highest BCUT2D eigenvalue weighted by atomic mass is 16.5. The zero-order chi connectivity index (χ0) is 16.7. The number of nitrogens with zero attached hydrogens (tertiary/aromatic N) is 2. The van der Waals surface area contributed by atoms with Gasteiger partial charge >= 0.3 is 0 Å². The molecule has 2 aromatic rings. The van der Waals surface area contributed by atoms with E-state index in [1.807, 2.05) is 38.1 Å². The predicted octanol–water partition coefficient (Wildman–Crippen LogP) is 2.28. The van der Waals surface area contributed by atoms with Crippen LogP contribution in [-0.4, -0.2) is 35.6 Å². The maximum absolute atomic E-state index is 12.0. The third-order valence-electron chi connectivity index (χ3n) is 3.15. The lowest BCUT2D eigenvalue weighted by molar-refractivity contribution is 0.0949. The Hall–Kier alpha value is -2.63. The molecule has 2 N–H and O–H groups in total. The molecule has 0 atom stereocenters. The van der Waals surface area contributed by atoms with E-state index in [9.17, 15) is 4.79 Å². The molecule has 1 aromatic carbocycles. The third kappa shape index (κ3) is 5.25. The van der Waals surface area contributed by atoms with Gasteiger partial charge in [0, 0.05) is 12.6 Å². The first-order valence-corrected chi connectivity index (χ1v) is 7.58. The largest absolute Gasteiger partial charge is 0.497 e. The highest BCUT2D eigenvalue weighted by Crippen LogP contribution is 2.12. The number of carbonyl (C=O) groups is 1. The summed E-state index contributed by atoms with van der Waals surface area (Å²) in [5, 5.41) is 5.97. The van der Waals surface area contributed by atoms with Crippen molar-refractivity contribution in [3.63, 3.8) is 0 Å². The number of methoxy groups -OCH3 is 1. The van der Waals surface area contributed by atoms with Crippen LogP contribution in [-0.2, 0) is 6.42 Å². The van der Waals surface area contributed by atoms with Crippen molar-refractivity contribution in [3.05, 3.63) is 47.9 Å². The van der Waals surface area contributed by atoms with Gasteiger partial charge in [-0.2, -0.15) is 0 Å². The van der Waals surface area contributed by atoms with E-state index < -0.39 is 0 Å². The lowest BCUT2D eigenvalue weighted by atomic mass is 10.1. The van der Waals surface area contributed by atoms with Crippen LogP contribution in [0.15, 0.2) is 36.7 Å². The number of carbonyl (C=O) groups excluding carboxylic acids is 1. The molecule has 0 saturated carbocycles. The van der Waals surface area contributed by atoms with Crippen molar-refractivity contribution in [3.8, 4) is 5.75 Å². The number of ether oxygens (including phenoxy) is 1. The second kappa shape index (κ2) is 8.12. The maximum Gasteiger partial charge on any atom is 0.271 e. The van der Waals surface area contributed by atoms with Crippen LogP contribution < -0.4 is 15.4 Å². The lowest BCUT2D eigenvalue weighted by Gasteiger charge is -2.09. The molecular weight excluding hydrogens is 292 g/mol. The average Bonchev–Trinajstić information content (AvgIpc) is 2.55. The normalized spacial score (nSPS) is 10.4. The molecule has 0 bridgehead atoms. The molecule has 1 aromatic heterocycles. The molecule has 6 heteroatoms. The second-order valence-electron chi connectivity index (χ2n) is 5.44. The van der Waals surface area contributed by atoms with E-state index in [4.69, 9.17) is 4.74 Å². The van der Waals surface area contributed by atoms with Crippen LogP contribution in [0.1, 0.15) is 29.9 Å². The topological polar surface area (TPSA) is 76.1 Å². The fourth-order valence-corrected chi connectivity index (χ4v) is 2.05. The minimum absolute atomic E-state index is 0.225. The Morgan fingerprint density at radius 1 is 1.26 bits per heavy atom. The Morgan fingerprint density at radius 3 is 2.74 bits per heavy atom. The quantitative estimate of drug-likeness (QED) is 0.820. The molecule has 0 radical (unpaired) electrons. The summed E-state index contributed by atoms with van der Waals surface area (Å²) in [6, 6.07) is 8.05. The van der Waals surface area contributed by atoms with E-state index >= 15 is 0 Å². The molecular formula is C17H22N4O2. The third-order valence-corrected chi connectivity index (χ3v) is 3.15. The van der Waals surface area contributed by atoms with E-state index in [1.54, 1.807) is 13.3 Å². The molecule has 0 fully saturated rings. The van der Waals surface area contributed by atoms with Crippen molar-refractivity contribution in [2.45, 2.75) is 26.3 Å². The van der Waals surface area contributed by atoms with E-state index in [0.717, 1.165) is 17.7 Å². The molecule has 2 rings (SSSR count). The van der Waals surface area contributed by atoms with Crippen LogP contribution in [0.4, 0.5) is 5.82 Å². The molecule has 0 spiro atoms. The Kier molecular flexibility index (Phi) is 5.91. The highest BCUT2D eigenvalue weighted by Gasteiger charge is 2.08. The van der Waals surface area contributed by atoms with Gasteiger partial charge in [0.25, 0.3) is 5.91 Å². The number of hydrogen-bond acceptors (Lipinski definition) is 5. The summed E-state index contributed by atoms with van der Waals surface area (Å²) >= 11 is 0. The standard InChI is InChI=1S/C17H22N4O2/c1-12(2)21-16-11-19-15(10-20-16)17(22)18-8-7-13-5-4-6-14(9-13)23-3/h4-6,9-12H,7-8H2,1-3H3,(H,18,22)(H,20,21). The van der Waals surface area contributed by atoms with E-state index in [2.05, 4.69) is 20.6 Å². The number of anilines is 1. The van der Waals surface area contributed by atoms with Crippen molar-refractivity contribution in [1.82, 2.24) is 15.3 Å². The summed E-state index contributed by atoms with van der Waals surface area (Å²) in [5.41, 5.74) is 1.41. The van der Waals surface area contributed by atoms with Gasteiger partial charge in [-0.3, -0.25) is 4.79 Å². The Bertz CT molecular complexity index is 641. The molecule has 0 aliphatic heterocycles. The Morgan fingerprint density at radius 2 is 2.09 bits per heavy atom. The minimum Gasteiger partial charge on any atom is -0.497 e.